The summed E-state index contributed by atoms with van der Waals surface area (Å²) in [7, 11) is 0. The minimum Gasteiger partial charge on any atom is -0.480 e. The highest BCUT2D eigenvalue weighted by Crippen LogP contribution is 2.20. The van der Waals surface area contributed by atoms with Crippen LogP contribution in [0.5, 0.6) is 0 Å². The van der Waals surface area contributed by atoms with E-state index in [0.717, 1.165) is 16.3 Å². The highest BCUT2D eigenvalue weighted by molar-refractivity contribution is 5.86. The number of ether oxygens (including phenoxy) is 1. The maximum atomic E-state index is 12.0. The van der Waals surface area contributed by atoms with Gasteiger partial charge in [0.1, 0.15) is 11.1 Å². The zero-order valence-electron chi connectivity index (χ0n) is 14.4. The lowest BCUT2D eigenvalue weighted by Gasteiger charge is -2.28. The molecule has 24 heavy (non-hydrogen) atoms. The van der Waals surface area contributed by atoms with Crippen molar-refractivity contribution in [2.24, 2.45) is 0 Å². The predicted molar refractivity (Wildman–Crippen MR) is 93.1 cm³/mol. The van der Waals surface area contributed by atoms with Crippen LogP contribution in [-0.2, 0) is 16.0 Å². The fraction of sp³-hybridized carbons (Fsp3) is 0.368. The molecule has 5 heteroatoms. The topological polar surface area (TPSA) is 75.6 Å². The van der Waals surface area contributed by atoms with Crippen LogP contribution in [0.3, 0.4) is 0 Å². The Balaban J connectivity index is 2.22. The second-order valence-electron chi connectivity index (χ2n) is 7.12. The summed E-state index contributed by atoms with van der Waals surface area (Å²) in [5.74, 6) is -1.11. The molecule has 0 radical (unpaired) electrons. The molecule has 1 atom stereocenters. The quantitative estimate of drug-likeness (QED) is 0.896. The zero-order chi connectivity index (χ0) is 18.0. The van der Waals surface area contributed by atoms with E-state index in [2.05, 4.69) is 5.32 Å². The third-order valence-electron chi connectivity index (χ3n) is 3.62. The Morgan fingerprint density at radius 2 is 1.67 bits per heavy atom. The number of fused-ring (bicyclic) bond motifs is 1. The number of nitrogens with one attached hydrogen (secondary N) is 1. The van der Waals surface area contributed by atoms with Crippen molar-refractivity contribution in [2.75, 3.05) is 0 Å². The molecule has 0 fully saturated rings. The Hall–Kier alpha value is -2.56. The highest BCUT2D eigenvalue weighted by Gasteiger charge is 2.36. The van der Waals surface area contributed by atoms with Crippen molar-refractivity contribution < 1.29 is 19.4 Å². The zero-order valence-corrected chi connectivity index (χ0v) is 14.4. The minimum absolute atomic E-state index is 0.159. The van der Waals surface area contributed by atoms with E-state index in [1.807, 2.05) is 42.5 Å². The monoisotopic (exact) mass is 329 g/mol. The number of carbonyl (C=O) groups is 2. The molecule has 1 amide bonds. The molecular weight excluding hydrogens is 306 g/mol. The lowest BCUT2D eigenvalue weighted by molar-refractivity contribution is -0.144. The summed E-state index contributed by atoms with van der Waals surface area (Å²) in [6, 6.07) is 13.6. The standard InChI is InChI=1S/C19H23NO4/c1-18(2,3)24-17(23)20-19(4,16(21)22)12-13-9-10-14-7-5-6-8-15(14)11-13/h5-11H,12H2,1-4H3,(H,20,23)(H,21,22)/t19-/m1/s1. The second-order valence-corrected chi connectivity index (χ2v) is 7.12. The summed E-state index contributed by atoms with van der Waals surface area (Å²) in [4.78, 5) is 23.7. The molecule has 0 heterocycles. The number of benzene rings is 2. The smallest absolute Gasteiger partial charge is 0.408 e. The van der Waals surface area contributed by atoms with Crippen LogP contribution < -0.4 is 5.32 Å². The third-order valence-corrected chi connectivity index (χ3v) is 3.62. The van der Waals surface area contributed by atoms with Gasteiger partial charge in [-0.2, -0.15) is 0 Å². The van der Waals surface area contributed by atoms with Crippen LogP contribution >= 0.6 is 0 Å². The molecule has 2 aromatic rings. The number of hydrogen-bond acceptors (Lipinski definition) is 3. The number of carboxylic acid groups (broad SMARTS) is 1. The van der Waals surface area contributed by atoms with Gasteiger partial charge in [-0.1, -0.05) is 42.5 Å². The number of rotatable bonds is 4. The fourth-order valence-corrected chi connectivity index (χ4v) is 2.46. The molecule has 0 saturated heterocycles. The molecule has 0 spiro atoms. The van der Waals surface area contributed by atoms with Gasteiger partial charge in [0.15, 0.2) is 0 Å². The number of carbonyl (C=O) groups excluding carboxylic acids is 1. The first-order valence-electron chi connectivity index (χ1n) is 7.81. The van der Waals surface area contributed by atoms with Crippen molar-refractivity contribution in [3.63, 3.8) is 0 Å². The molecule has 0 saturated carbocycles. The molecular formula is C19H23NO4. The molecule has 0 aliphatic carbocycles. The van der Waals surface area contributed by atoms with Gasteiger partial charge in [0.25, 0.3) is 0 Å². The number of hydrogen-bond donors (Lipinski definition) is 2. The molecule has 0 bridgehead atoms. The van der Waals surface area contributed by atoms with Crippen LogP contribution in [0.2, 0.25) is 0 Å². The van der Waals surface area contributed by atoms with Gasteiger partial charge in [-0.3, -0.25) is 0 Å². The molecule has 2 rings (SSSR count). The Morgan fingerprint density at radius 3 is 2.25 bits per heavy atom. The van der Waals surface area contributed by atoms with E-state index >= 15 is 0 Å². The Labute approximate surface area is 141 Å². The van der Waals surface area contributed by atoms with E-state index in [9.17, 15) is 14.7 Å². The maximum absolute atomic E-state index is 12.0. The second kappa shape index (κ2) is 6.51. The Kier molecular flexibility index (Phi) is 4.83. The number of aliphatic carboxylic acids is 1. The summed E-state index contributed by atoms with van der Waals surface area (Å²) < 4.78 is 5.18. The lowest BCUT2D eigenvalue weighted by atomic mass is 9.92. The summed E-state index contributed by atoms with van der Waals surface area (Å²) in [5.41, 5.74) is -1.31. The van der Waals surface area contributed by atoms with E-state index in [-0.39, 0.29) is 6.42 Å². The van der Waals surface area contributed by atoms with Crippen LogP contribution in [0.25, 0.3) is 10.8 Å². The van der Waals surface area contributed by atoms with Gasteiger partial charge < -0.3 is 15.2 Å². The van der Waals surface area contributed by atoms with Crippen LogP contribution in [-0.4, -0.2) is 28.3 Å². The van der Waals surface area contributed by atoms with E-state index in [4.69, 9.17) is 4.74 Å². The summed E-state index contributed by atoms with van der Waals surface area (Å²) >= 11 is 0. The van der Waals surface area contributed by atoms with Crippen molar-refractivity contribution >= 4 is 22.8 Å². The van der Waals surface area contributed by atoms with Crippen molar-refractivity contribution in [3.05, 3.63) is 48.0 Å². The predicted octanol–water partition coefficient (Wildman–Crippen LogP) is 3.75. The molecule has 0 aliphatic heterocycles. The SMILES string of the molecule is CC(C)(C)OC(=O)N[C@](C)(Cc1ccc2ccccc2c1)C(=O)O. The molecule has 0 unspecified atom stereocenters. The molecule has 2 aromatic carbocycles. The third kappa shape index (κ3) is 4.47. The highest BCUT2D eigenvalue weighted by atomic mass is 16.6. The van der Waals surface area contributed by atoms with Gasteiger partial charge in [0.2, 0.25) is 0 Å². The molecule has 0 aromatic heterocycles. The van der Waals surface area contributed by atoms with E-state index in [1.54, 1.807) is 20.8 Å². The summed E-state index contributed by atoms with van der Waals surface area (Å²) in [6.45, 7) is 6.67. The number of alkyl carbamates (subject to hydrolysis) is 1. The van der Waals surface area contributed by atoms with Crippen molar-refractivity contribution in [1.29, 1.82) is 0 Å². The number of amides is 1. The van der Waals surface area contributed by atoms with Crippen LogP contribution in [0.15, 0.2) is 42.5 Å². The molecule has 0 aliphatic rings. The van der Waals surface area contributed by atoms with Gasteiger partial charge in [-0.15, -0.1) is 0 Å². The van der Waals surface area contributed by atoms with Gasteiger partial charge in [0, 0.05) is 6.42 Å². The molecule has 128 valence electrons. The largest absolute Gasteiger partial charge is 0.480 e. The van der Waals surface area contributed by atoms with Gasteiger partial charge in [0.05, 0.1) is 0 Å². The van der Waals surface area contributed by atoms with Gasteiger partial charge in [-0.25, -0.2) is 9.59 Å². The van der Waals surface area contributed by atoms with Crippen LogP contribution in [0.1, 0.15) is 33.3 Å². The lowest BCUT2D eigenvalue weighted by Crippen LogP contribution is -2.54. The first kappa shape index (κ1) is 17.8. The Morgan fingerprint density at radius 1 is 1.04 bits per heavy atom. The maximum Gasteiger partial charge on any atom is 0.408 e. The first-order chi connectivity index (χ1) is 11.1. The van der Waals surface area contributed by atoms with Crippen molar-refractivity contribution in [2.45, 2.75) is 45.3 Å². The van der Waals surface area contributed by atoms with Gasteiger partial charge in [-0.05, 0) is 44.0 Å². The molecule has 5 nitrogen and oxygen atoms in total. The van der Waals surface area contributed by atoms with Crippen molar-refractivity contribution in [1.82, 2.24) is 5.32 Å². The van der Waals surface area contributed by atoms with E-state index < -0.39 is 23.2 Å². The van der Waals surface area contributed by atoms with Crippen LogP contribution in [0.4, 0.5) is 4.79 Å². The Bertz CT molecular complexity index is 763. The summed E-state index contributed by atoms with van der Waals surface area (Å²) in [6.07, 6.45) is -0.583. The van der Waals surface area contributed by atoms with E-state index in [1.165, 1.54) is 6.92 Å². The molecule has 2 N–H and O–H groups in total. The van der Waals surface area contributed by atoms with E-state index in [0.29, 0.717) is 0 Å². The fourth-order valence-electron chi connectivity index (χ4n) is 2.46. The average Bonchev–Trinajstić information content (AvgIpc) is 2.44. The average molecular weight is 329 g/mol. The van der Waals surface area contributed by atoms with Gasteiger partial charge >= 0.3 is 12.1 Å². The normalized spacial score (nSPS) is 14.0. The first-order valence-corrected chi connectivity index (χ1v) is 7.81. The van der Waals surface area contributed by atoms with Crippen LogP contribution in [0, 0.1) is 0 Å². The minimum atomic E-state index is -1.45. The summed E-state index contributed by atoms with van der Waals surface area (Å²) in [5, 5.41) is 14.2. The van der Waals surface area contributed by atoms with Crippen molar-refractivity contribution in [3.8, 4) is 0 Å². The number of carboxylic acids is 1.